The molecular formula is C21H18N4O4. The van der Waals surface area contributed by atoms with Crippen LogP contribution in [0.15, 0.2) is 60.9 Å². The fourth-order valence-corrected chi connectivity index (χ4v) is 3.43. The lowest BCUT2D eigenvalue weighted by atomic mass is 9.88. The van der Waals surface area contributed by atoms with Crippen LogP contribution in [0, 0.1) is 0 Å². The van der Waals surface area contributed by atoms with Crippen molar-refractivity contribution in [2.24, 2.45) is 7.05 Å². The molecule has 3 aromatic rings. The third-order valence-corrected chi connectivity index (χ3v) is 4.74. The number of aryl methyl sites for hydroxylation is 1. The molecule has 0 aliphatic carbocycles. The number of amides is 2. The molecule has 1 aliphatic heterocycles. The Labute approximate surface area is 166 Å². The Morgan fingerprint density at radius 2 is 1.90 bits per heavy atom. The van der Waals surface area contributed by atoms with Gasteiger partial charge in [-0.3, -0.25) is 4.68 Å². The number of carbonyl (C=O) groups is 2. The van der Waals surface area contributed by atoms with E-state index in [1.165, 1.54) is 12.1 Å². The van der Waals surface area contributed by atoms with Crippen molar-refractivity contribution in [3.05, 3.63) is 83.2 Å². The zero-order valence-corrected chi connectivity index (χ0v) is 15.5. The fraction of sp³-hybridized carbons (Fsp3) is 0.0952. The predicted molar refractivity (Wildman–Crippen MR) is 106 cm³/mol. The first-order valence-corrected chi connectivity index (χ1v) is 8.86. The van der Waals surface area contributed by atoms with Crippen molar-refractivity contribution in [2.45, 2.75) is 6.04 Å². The molecule has 2 amide bonds. The number of aromatic hydroxyl groups is 1. The number of aromatic carboxylic acids is 1. The van der Waals surface area contributed by atoms with E-state index in [1.807, 2.05) is 30.3 Å². The Kier molecular flexibility index (Phi) is 4.52. The highest BCUT2D eigenvalue weighted by Crippen LogP contribution is 2.38. The highest BCUT2D eigenvalue weighted by atomic mass is 16.4. The van der Waals surface area contributed by atoms with Crippen molar-refractivity contribution in [3.63, 3.8) is 0 Å². The van der Waals surface area contributed by atoms with E-state index in [0.29, 0.717) is 11.3 Å². The Morgan fingerprint density at radius 1 is 1.14 bits per heavy atom. The molecule has 0 spiro atoms. The van der Waals surface area contributed by atoms with Crippen LogP contribution in [-0.4, -0.2) is 32.0 Å². The number of nitrogens with zero attached hydrogens (tertiary/aromatic N) is 2. The summed E-state index contributed by atoms with van der Waals surface area (Å²) in [6, 6.07) is 12.8. The van der Waals surface area contributed by atoms with Gasteiger partial charge in [0.25, 0.3) is 0 Å². The number of phenols is 1. The number of nitrogens with one attached hydrogen (secondary N) is 2. The molecule has 0 saturated carbocycles. The Hall–Kier alpha value is -4.07. The van der Waals surface area contributed by atoms with Crippen LogP contribution in [0.25, 0.3) is 11.3 Å². The molecule has 0 fully saturated rings. The molecule has 1 aliphatic rings. The molecule has 1 aromatic heterocycles. The number of carbonyl (C=O) groups excluding carboxylic acids is 1. The van der Waals surface area contributed by atoms with Gasteiger partial charge in [0, 0.05) is 24.4 Å². The minimum absolute atomic E-state index is 0.202. The SMILES string of the molecule is Cn1cc(C2=C(c3ccccc3)C(c3ccc(C(=O)O)c(O)c3)NC(=O)N2)cn1. The number of aromatic nitrogens is 2. The summed E-state index contributed by atoms with van der Waals surface area (Å²) >= 11 is 0. The predicted octanol–water partition coefficient (Wildman–Crippen LogP) is 2.75. The molecule has 1 atom stereocenters. The highest BCUT2D eigenvalue weighted by Gasteiger charge is 2.31. The normalized spacial score (nSPS) is 16.3. The monoisotopic (exact) mass is 390 g/mol. The summed E-state index contributed by atoms with van der Waals surface area (Å²) in [5.74, 6) is -1.59. The van der Waals surface area contributed by atoms with Crippen LogP contribution < -0.4 is 10.6 Å². The van der Waals surface area contributed by atoms with Gasteiger partial charge in [0.2, 0.25) is 0 Å². The number of carboxylic acid groups (broad SMARTS) is 1. The molecule has 146 valence electrons. The number of carboxylic acids is 1. The van der Waals surface area contributed by atoms with Crippen LogP contribution in [0.4, 0.5) is 4.79 Å². The van der Waals surface area contributed by atoms with Crippen molar-refractivity contribution in [1.29, 1.82) is 0 Å². The summed E-state index contributed by atoms with van der Waals surface area (Å²) < 4.78 is 1.64. The summed E-state index contributed by atoms with van der Waals surface area (Å²) in [6.07, 6.45) is 3.46. The molecule has 8 heteroatoms. The topological polar surface area (TPSA) is 116 Å². The van der Waals surface area contributed by atoms with Crippen LogP contribution in [0.1, 0.15) is 33.1 Å². The van der Waals surface area contributed by atoms with E-state index in [4.69, 9.17) is 0 Å². The smallest absolute Gasteiger partial charge is 0.339 e. The third kappa shape index (κ3) is 3.43. The van der Waals surface area contributed by atoms with E-state index < -0.39 is 18.0 Å². The van der Waals surface area contributed by atoms with Crippen molar-refractivity contribution in [3.8, 4) is 5.75 Å². The standard InChI is InChI=1S/C21H18N4O4/c1-25-11-14(10-22-25)19-17(12-5-3-2-4-6-12)18(23-21(29)24-19)13-7-8-15(20(27)28)16(26)9-13/h2-11,18,26H,1H3,(H,27,28)(H2,23,24,29). The Bertz CT molecular complexity index is 1130. The first kappa shape index (κ1) is 18.3. The number of rotatable bonds is 4. The molecule has 2 heterocycles. The van der Waals surface area contributed by atoms with E-state index in [2.05, 4.69) is 15.7 Å². The van der Waals surface area contributed by atoms with Gasteiger partial charge in [0.15, 0.2) is 0 Å². The van der Waals surface area contributed by atoms with Crippen LogP contribution in [0.5, 0.6) is 5.75 Å². The van der Waals surface area contributed by atoms with Gasteiger partial charge < -0.3 is 20.8 Å². The first-order valence-electron chi connectivity index (χ1n) is 8.86. The van der Waals surface area contributed by atoms with Crippen LogP contribution in [0.3, 0.4) is 0 Å². The van der Waals surface area contributed by atoms with Gasteiger partial charge >= 0.3 is 12.0 Å². The summed E-state index contributed by atoms with van der Waals surface area (Å²) in [7, 11) is 1.79. The molecule has 1 unspecified atom stereocenters. The molecule has 0 saturated heterocycles. The highest BCUT2D eigenvalue weighted by molar-refractivity contribution is 6.03. The Balaban J connectivity index is 1.93. The minimum atomic E-state index is -1.22. The van der Waals surface area contributed by atoms with Crippen LogP contribution >= 0.6 is 0 Å². The molecule has 8 nitrogen and oxygen atoms in total. The summed E-state index contributed by atoms with van der Waals surface area (Å²) in [4.78, 5) is 23.7. The van der Waals surface area contributed by atoms with Gasteiger partial charge in [-0.25, -0.2) is 9.59 Å². The molecule has 2 aromatic carbocycles. The average molecular weight is 390 g/mol. The molecule has 29 heavy (non-hydrogen) atoms. The van der Waals surface area contributed by atoms with Crippen molar-refractivity contribution >= 4 is 23.3 Å². The van der Waals surface area contributed by atoms with Gasteiger partial charge in [0.05, 0.1) is 17.9 Å². The Morgan fingerprint density at radius 3 is 2.52 bits per heavy atom. The van der Waals surface area contributed by atoms with Crippen LogP contribution in [0.2, 0.25) is 0 Å². The van der Waals surface area contributed by atoms with E-state index in [0.717, 1.165) is 16.7 Å². The maximum absolute atomic E-state index is 12.4. The van der Waals surface area contributed by atoms with Gasteiger partial charge in [-0.1, -0.05) is 36.4 Å². The van der Waals surface area contributed by atoms with Gasteiger partial charge in [-0.2, -0.15) is 5.10 Å². The molecule has 4 rings (SSSR count). The summed E-state index contributed by atoms with van der Waals surface area (Å²) in [5, 5.41) is 29.3. The first-order chi connectivity index (χ1) is 13.9. The lowest BCUT2D eigenvalue weighted by molar-refractivity contribution is 0.0693. The van der Waals surface area contributed by atoms with Crippen molar-refractivity contribution < 1.29 is 19.8 Å². The second kappa shape index (κ2) is 7.16. The molecule has 4 N–H and O–H groups in total. The van der Waals surface area contributed by atoms with Gasteiger partial charge in [-0.15, -0.1) is 0 Å². The maximum Gasteiger partial charge on any atom is 0.339 e. The van der Waals surface area contributed by atoms with Crippen molar-refractivity contribution in [2.75, 3.05) is 0 Å². The number of urea groups is 1. The lowest BCUT2D eigenvalue weighted by Gasteiger charge is -2.31. The van der Waals surface area contributed by atoms with E-state index >= 15 is 0 Å². The molecule has 0 radical (unpaired) electrons. The van der Waals surface area contributed by atoms with Gasteiger partial charge in [-0.05, 0) is 23.3 Å². The summed E-state index contributed by atoms with van der Waals surface area (Å²) in [5.41, 5.74) is 3.33. The van der Waals surface area contributed by atoms with E-state index in [-0.39, 0.29) is 11.3 Å². The number of hydrogen-bond acceptors (Lipinski definition) is 4. The van der Waals surface area contributed by atoms with E-state index in [9.17, 15) is 19.8 Å². The second-order valence-electron chi connectivity index (χ2n) is 6.67. The number of hydrogen-bond donors (Lipinski definition) is 4. The maximum atomic E-state index is 12.4. The fourth-order valence-electron chi connectivity index (χ4n) is 3.43. The van der Waals surface area contributed by atoms with Crippen LogP contribution in [-0.2, 0) is 7.05 Å². The largest absolute Gasteiger partial charge is 0.507 e. The minimum Gasteiger partial charge on any atom is -0.507 e. The molecule has 0 bridgehead atoms. The quantitative estimate of drug-likeness (QED) is 0.547. The second-order valence-corrected chi connectivity index (χ2v) is 6.67. The molecular weight excluding hydrogens is 372 g/mol. The summed E-state index contributed by atoms with van der Waals surface area (Å²) in [6.45, 7) is 0. The van der Waals surface area contributed by atoms with Crippen molar-refractivity contribution in [1.82, 2.24) is 20.4 Å². The lowest BCUT2D eigenvalue weighted by Crippen LogP contribution is -2.42. The van der Waals surface area contributed by atoms with Gasteiger partial charge in [0.1, 0.15) is 11.3 Å². The third-order valence-electron chi connectivity index (χ3n) is 4.74. The average Bonchev–Trinajstić information content (AvgIpc) is 3.14. The zero-order valence-electron chi connectivity index (χ0n) is 15.5. The number of benzene rings is 2. The zero-order chi connectivity index (χ0) is 20.5. The van der Waals surface area contributed by atoms with E-state index in [1.54, 1.807) is 30.2 Å².